The van der Waals surface area contributed by atoms with Gasteiger partial charge in [0.25, 0.3) is 0 Å². The number of rotatable bonds is 68. The summed E-state index contributed by atoms with van der Waals surface area (Å²) >= 11 is 0. The lowest BCUT2D eigenvalue weighted by Crippen LogP contribution is -2.55. The van der Waals surface area contributed by atoms with E-state index in [1.165, 1.54) is 45.3 Å². The number of carbonyl (C=O) groups is 13. The molecule has 1 fully saturated rings. The first-order chi connectivity index (χ1) is 68.0. The van der Waals surface area contributed by atoms with Crippen molar-refractivity contribution in [3.05, 3.63) is 160 Å². The molecule has 1 saturated carbocycles. The Kier molecular flexibility index (Phi) is 45.8. The number of aliphatic hydroxyl groups is 3. The van der Waals surface area contributed by atoms with Crippen LogP contribution in [0.15, 0.2) is 104 Å². The Balaban J connectivity index is 0.767. The van der Waals surface area contributed by atoms with Gasteiger partial charge in [0.2, 0.25) is 35.4 Å². The summed E-state index contributed by atoms with van der Waals surface area (Å²) in [4.78, 5) is 188. The number of imidazole rings is 1. The maximum absolute atomic E-state index is 15.7. The molecule has 6 amide bonds. The molecule has 38 nitrogen and oxygen atoms in total. The molecule has 142 heavy (non-hydrogen) atoms. The SMILES string of the molecule is CCc1cc(OCCCCn2cc(COCCOCCOCCOCCCC(=O)OCC3[C@H]4CCC#CCC[C@@H]34)nn2)ccc1-c1ccc(C[C@H](CC(=O)[C@H](CC(=O)O)NC(=O)[C@H](CO)CC(=O)[C@@H](NC(=O)[C@@](C)(CC(=O)[C@@H](NC(=O)CCC(=O)[C@@H](CC(=O)C(C)(C)C(=O)NCCc2cnc[nH]2)Cc2nn[nH]n2)[C@@H](C)O)Cc2ccccc2F)[C@@H](C)O)C(=O)N[C@@H](CCCc2cc(C)cc(C)c2)C(N)=O)cc1. The summed E-state index contributed by atoms with van der Waals surface area (Å²) in [5, 5.41) is 78.1. The number of tetrazole rings is 1. The molecule has 770 valence electrons. The van der Waals surface area contributed by atoms with Crippen LogP contribution in [-0.2, 0) is 138 Å². The number of amides is 6. The first-order valence-electron chi connectivity index (χ1n) is 48.8. The van der Waals surface area contributed by atoms with Gasteiger partial charge in [-0.1, -0.05) is 102 Å². The number of carboxylic acid groups (broad SMARTS) is 1. The van der Waals surface area contributed by atoms with Crippen LogP contribution >= 0.6 is 0 Å². The number of aromatic amines is 2. The van der Waals surface area contributed by atoms with Crippen LogP contribution in [0.5, 0.6) is 5.75 Å². The van der Waals surface area contributed by atoms with Crippen molar-refractivity contribution in [1.29, 1.82) is 0 Å². The van der Waals surface area contributed by atoms with Gasteiger partial charge in [0, 0.05) is 114 Å². The highest BCUT2D eigenvalue weighted by atomic mass is 19.1. The van der Waals surface area contributed by atoms with E-state index in [2.05, 4.69) is 79.3 Å². The molecule has 7 aromatic rings. The molecule has 3 heterocycles. The number of unbranched alkanes of at least 4 members (excludes halogenated alkanes) is 1. The number of H-pyrrole nitrogens is 2. The van der Waals surface area contributed by atoms with Gasteiger partial charge in [-0.05, 0) is 182 Å². The Hall–Kier alpha value is -12.6. The summed E-state index contributed by atoms with van der Waals surface area (Å²) in [6.45, 7) is 15.8. The summed E-state index contributed by atoms with van der Waals surface area (Å²) in [5.74, 6) is -7.99. The fraction of sp³-hybridized carbons (Fsp3) is 0.563. The molecule has 39 heteroatoms. The number of fused-ring (bicyclic) bond motifs is 1. The highest BCUT2D eigenvalue weighted by Gasteiger charge is 2.50. The van der Waals surface area contributed by atoms with Gasteiger partial charge in [-0.15, -0.1) is 27.1 Å². The number of carboxylic acids is 1. The Bertz CT molecular complexity index is 5350. The molecule has 2 aliphatic carbocycles. The van der Waals surface area contributed by atoms with Crippen molar-refractivity contribution in [2.24, 2.45) is 52.1 Å². The average Bonchev–Trinajstić information content (AvgIpc) is 1.63. The molecule has 13 atom stereocenters. The third-order valence-corrected chi connectivity index (χ3v) is 25.7. The smallest absolute Gasteiger partial charge is 0.305 e. The molecule has 1 unspecified atom stereocenters. The highest BCUT2D eigenvalue weighted by molar-refractivity contribution is 6.07. The molecular weight excluding hydrogens is 1830 g/mol. The van der Waals surface area contributed by atoms with Crippen LogP contribution in [0.3, 0.4) is 0 Å². The molecule has 0 saturated heterocycles. The second kappa shape index (κ2) is 57.5. The van der Waals surface area contributed by atoms with E-state index in [9.17, 15) is 82.8 Å². The molecule has 2 aliphatic rings. The summed E-state index contributed by atoms with van der Waals surface area (Å²) in [5.41, 5.74) is 9.74. The van der Waals surface area contributed by atoms with Crippen molar-refractivity contribution < 1.29 is 116 Å². The first kappa shape index (κ1) is 113. The second-order valence-corrected chi connectivity index (χ2v) is 37.6. The molecule has 0 spiro atoms. The number of aliphatic hydroxyl groups excluding tert-OH is 3. The number of ether oxygens (including phenoxy) is 6. The van der Waals surface area contributed by atoms with Crippen LogP contribution in [0.25, 0.3) is 11.1 Å². The van der Waals surface area contributed by atoms with Gasteiger partial charge in [-0.25, -0.2) is 9.37 Å². The lowest BCUT2D eigenvalue weighted by Gasteiger charge is -2.33. The van der Waals surface area contributed by atoms with Crippen LogP contribution in [0, 0.1) is 77.8 Å². The number of primary amides is 1. The number of aliphatic carboxylic acids is 1. The van der Waals surface area contributed by atoms with Crippen LogP contribution in [0.4, 0.5) is 4.39 Å². The molecule has 13 N–H and O–H groups in total. The number of ketones is 5. The molecule has 0 radical (unpaired) electrons. The van der Waals surface area contributed by atoms with Gasteiger partial charge >= 0.3 is 11.9 Å². The van der Waals surface area contributed by atoms with E-state index >= 15 is 4.39 Å². The maximum atomic E-state index is 15.7. The van der Waals surface area contributed by atoms with Crippen molar-refractivity contribution in [2.45, 2.75) is 253 Å². The van der Waals surface area contributed by atoms with Crippen molar-refractivity contribution in [1.82, 2.24) is 72.2 Å². The average molecular weight is 1970 g/mol. The van der Waals surface area contributed by atoms with E-state index in [1.807, 2.05) is 75.5 Å². The van der Waals surface area contributed by atoms with Gasteiger partial charge in [0.1, 0.15) is 52.4 Å². The van der Waals surface area contributed by atoms with Crippen LogP contribution in [0.1, 0.15) is 201 Å². The zero-order valence-corrected chi connectivity index (χ0v) is 82.3. The Labute approximate surface area is 826 Å². The number of benzene rings is 4. The number of nitrogens with two attached hydrogens (primary N) is 1. The summed E-state index contributed by atoms with van der Waals surface area (Å²) < 4.78 is 51.8. The number of halogens is 1. The zero-order chi connectivity index (χ0) is 103. The van der Waals surface area contributed by atoms with Crippen molar-refractivity contribution in [3.63, 3.8) is 0 Å². The number of Topliss-reactive ketones (excluding diaryl/α,β-unsaturated/α-hetero) is 5. The quantitative estimate of drug-likeness (QED) is 0.00805. The van der Waals surface area contributed by atoms with Crippen molar-refractivity contribution in [2.75, 3.05) is 72.6 Å². The summed E-state index contributed by atoms with van der Waals surface area (Å²) in [7, 11) is 0. The first-order valence-corrected chi connectivity index (χ1v) is 48.8. The van der Waals surface area contributed by atoms with E-state index in [0.717, 1.165) is 91.1 Å². The predicted octanol–water partition coefficient (Wildman–Crippen LogP) is 6.82. The Morgan fingerprint density at radius 3 is 1.95 bits per heavy atom. The van der Waals surface area contributed by atoms with Gasteiger partial charge in [-0.2, -0.15) is 5.21 Å². The lowest BCUT2D eigenvalue weighted by molar-refractivity contribution is -0.145. The largest absolute Gasteiger partial charge is 0.494 e. The number of hydrogen-bond donors (Lipinski definition) is 12. The Morgan fingerprint density at radius 2 is 1.31 bits per heavy atom. The monoisotopic (exact) mass is 1970 g/mol. The maximum Gasteiger partial charge on any atom is 0.305 e. The highest BCUT2D eigenvalue weighted by Crippen LogP contribution is 2.52. The fourth-order valence-corrected chi connectivity index (χ4v) is 17.4. The number of nitrogens with zero attached hydrogens (tertiary/aromatic N) is 7. The van der Waals surface area contributed by atoms with Gasteiger partial charge in [0.05, 0.1) is 115 Å². The van der Waals surface area contributed by atoms with Gasteiger partial charge < -0.3 is 86.1 Å². The van der Waals surface area contributed by atoms with E-state index in [0.29, 0.717) is 146 Å². The van der Waals surface area contributed by atoms with Crippen LogP contribution in [0.2, 0.25) is 0 Å². The van der Waals surface area contributed by atoms with Gasteiger partial charge in [-0.3, -0.25) is 67.0 Å². The van der Waals surface area contributed by atoms with Crippen LogP contribution < -0.4 is 37.1 Å². The lowest BCUT2D eigenvalue weighted by atomic mass is 9.76. The van der Waals surface area contributed by atoms with E-state index in [-0.39, 0.29) is 49.8 Å². The minimum absolute atomic E-state index is 0.0458. The number of hydrogen-bond acceptors (Lipinski definition) is 28. The predicted molar refractivity (Wildman–Crippen MR) is 516 cm³/mol. The van der Waals surface area contributed by atoms with Crippen molar-refractivity contribution >= 4 is 76.3 Å². The minimum Gasteiger partial charge on any atom is -0.494 e. The third kappa shape index (κ3) is 37.1. The van der Waals surface area contributed by atoms with Crippen molar-refractivity contribution in [3.8, 4) is 28.7 Å². The molecule has 4 aromatic carbocycles. The molecule has 0 bridgehead atoms. The number of aromatic nitrogens is 9. The molecule has 3 aromatic heterocycles. The number of esters is 1. The zero-order valence-electron chi connectivity index (χ0n) is 82.3. The van der Waals surface area contributed by atoms with Crippen LogP contribution in [-0.4, -0.2) is 251 Å². The van der Waals surface area contributed by atoms with E-state index in [4.69, 9.17) is 34.2 Å². The minimum atomic E-state index is -2.11. The van der Waals surface area contributed by atoms with E-state index < -0.39 is 199 Å². The van der Waals surface area contributed by atoms with Gasteiger partial charge in [0.15, 0.2) is 23.2 Å². The summed E-state index contributed by atoms with van der Waals surface area (Å²) in [6, 6.07) is 17.3. The number of nitrogens with one attached hydrogen (secondary N) is 7. The molecular formula is C103H138FN15O23. The van der Waals surface area contributed by atoms with E-state index in [1.54, 1.807) is 23.0 Å². The number of carbonyl (C=O) groups excluding carboxylic acids is 12. The second-order valence-electron chi connectivity index (χ2n) is 37.6. The molecule has 9 rings (SSSR count). The standard InChI is InChI=1S/C103H138FN15O23/c1-9-70-50-78(141-39-17-16-37-119-59-77(113-118-119)61-140-45-44-139-43-42-138-41-40-137-38-19-26-94(131)142-62-82-80-22-12-10-11-13-23-81(80)82)31-32-79(70)71-29-27-68(28-30-71)49-74(98(133)109-84(97(105)132)25-18-20-69-47-64(2)46-65(3)48-69)51-87(124)85(55-93(129)130)110-99(134)75(60-120)52-88(125)95(66(4)121)112-101(136)103(8,56-72-21-14-15-24-83(72)104)57-89(126)96(67(5)122)111-92(128)34-33-86(123)73(54-91-114-116-117-115-91)53-90(127)102(6,7)100(135)107-36-35-76-58-106-63-108-76/h14-15,21,24,27-32,46-48,50,58-59,63,66-67,73-75,80-82,84-85,95-96,120-122H,9,12-13,16-20,22-23,25-26,33-45,49,51-57,60-62H2,1-8H3,(H2,105,132)(H,106,108)(H,107,135)(H,109,133)(H,110,134)(H,111,128)(H,112,136)(H,129,130)(H,114,115,116,117)/t66-,67-,73+,74-,75+,80-,81+,82?,84+,85+,95+,96+,103-/m1/s1. The fourth-order valence-electron chi connectivity index (χ4n) is 17.4. The third-order valence-electron chi connectivity index (χ3n) is 25.7. The molecule has 0 aliphatic heterocycles. The normalized spacial score (nSPS) is 16.2. The Morgan fingerprint density at radius 1 is 0.648 bits per heavy atom. The topological polar surface area (TPSA) is 558 Å². The number of aryl methyl sites for hydroxylation is 5. The summed E-state index contributed by atoms with van der Waals surface area (Å²) in [6.07, 6.45) is 3.62.